The molecule has 0 atom stereocenters. The molecule has 0 aliphatic heterocycles. The molecule has 7 aromatic rings. The summed E-state index contributed by atoms with van der Waals surface area (Å²) in [7, 11) is 0.421. The molecule has 0 saturated carbocycles. The van der Waals surface area contributed by atoms with Crippen LogP contribution in [0.15, 0.2) is 95.5 Å². The fourth-order valence-corrected chi connectivity index (χ4v) is 8.04. The molecule has 0 bridgehead atoms. The monoisotopic (exact) mass is 595 g/mol. The number of rotatable bonds is 6. The average molecular weight is 596 g/mol. The molecule has 5 nitrogen and oxygen atoms in total. The number of nitrogens with zero attached hydrogens (tertiary/aromatic N) is 3. The maximum atomic E-state index is 10.7. The largest absolute Gasteiger partial charge is 0.507 e. The van der Waals surface area contributed by atoms with Crippen molar-refractivity contribution >= 4 is 46.2 Å². The number of aromatic nitrogens is 3. The number of pyridine rings is 1. The van der Waals surface area contributed by atoms with Crippen molar-refractivity contribution < 1.29 is 9.52 Å². The van der Waals surface area contributed by atoms with Crippen LogP contribution in [0, 0.1) is 5.92 Å². The molecule has 0 saturated heterocycles. The number of phenols is 1. The Kier molecular flexibility index (Phi) is 6.70. The number of para-hydroxylation sites is 3. The van der Waals surface area contributed by atoms with E-state index < -0.39 is 8.07 Å². The minimum absolute atomic E-state index is 0.208. The predicted octanol–water partition coefficient (Wildman–Crippen LogP) is 9.32. The quantitative estimate of drug-likeness (QED) is 0.195. The van der Waals surface area contributed by atoms with Crippen molar-refractivity contribution in [2.24, 2.45) is 13.0 Å². The lowest BCUT2D eigenvalue weighted by Crippen LogP contribution is -2.40. The maximum Gasteiger partial charge on any atom is 0.144 e. The van der Waals surface area contributed by atoms with Crippen molar-refractivity contribution in [2.75, 3.05) is 0 Å². The predicted molar refractivity (Wildman–Crippen MR) is 185 cm³/mol. The normalized spacial score (nSPS) is 12.2. The Morgan fingerprint density at radius 1 is 0.841 bits per heavy atom. The molecule has 7 rings (SSSR count). The van der Waals surface area contributed by atoms with Crippen LogP contribution in [0.3, 0.4) is 0 Å². The molecular formula is C38H37N3O2Si. The average Bonchev–Trinajstić information content (AvgIpc) is 3.54. The smallest absolute Gasteiger partial charge is 0.144 e. The highest BCUT2D eigenvalue weighted by Crippen LogP contribution is 2.42. The zero-order valence-corrected chi connectivity index (χ0v) is 27.1. The van der Waals surface area contributed by atoms with E-state index in [0.717, 1.165) is 61.8 Å². The SMILES string of the molecule is CC(C)Cc1cc(-c2cc(-c3cccc4c3nc(-c3ccccc3O)n4C)c3oc4ccccc4c3c2)ncc1[Si](C)(C)C. The second-order valence-electron chi connectivity index (χ2n) is 13.3. The van der Waals surface area contributed by atoms with Gasteiger partial charge in [0.25, 0.3) is 0 Å². The lowest BCUT2D eigenvalue weighted by molar-refractivity contribution is 0.476. The molecule has 6 heteroatoms. The van der Waals surface area contributed by atoms with E-state index in [9.17, 15) is 5.11 Å². The van der Waals surface area contributed by atoms with Gasteiger partial charge < -0.3 is 14.1 Å². The van der Waals surface area contributed by atoms with Gasteiger partial charge in [-0.05, 0) is 65.6 Å². The summed E-state index contributed by atoms with van der Waals surface area (Å²) < 4.78 is 8.61. The highest BCUT2D eigenvalue weighted by Gasteiger charge is 2.24. The first kappa shape index (κ1) is 28.1. The van der Waals surface area contributed by atoms with Gasteiger partial charge in [0.1, 0.15) is 22.7 Å². The fourth-order valence-electron chi connectivity index (χ4n) is 6.45. The van der Waals surface area contributed by atoms with E-state index in [1.807, 2.05) is 41.9 Å². The van der Waals surface area contributed by atoms with Crippen molar-refractivity contribution in [1.29, 1.82) is 0 Å². The molecule has 220 valence electrons. The molecule has 0 unspecified atom stereocenters. The van der Waals surface area contributed by atoms with Gasteiger partial charge in [-0.3, -0.25) is 4.98 Å². The van der Waals surface area contributed by atoms with E-state index in [2.05, 4.69) is 88.2 Å². The number of furan rings is 1. The van der Waals surface area contributed by atoms with Gasteiger partial charge in [-0.15, -0.1) is 0 Å². The zero-order valence-electron chi connectivity index (χ0n) is 26.1. The van der Waals surface area contributed by atoms with Crippen LogP contribution in [-0.2, 0) is 13.5 Å². The number of benzene rings is 4. The summed E-state index contributed by atoms with van der Waals surface area (Å²) in [5.74, 6) is 1.47. The maximum absolute atomic E-state index is 10.7. The topological polar surface area (TPSA) is 64.1 Å². The summed E-state index contributed by atoms with van der Waals surface area (Å²) in [5, 5.41) is 14.2. The van der Waals surface area contributed by atoms with Crippen molar-refractivity contribution in [3.63, 3.8) is 0 Å². The summed E-state index contributed by atoms with van der Waals surface area (Å²) >= 11 is 0. The molecule has 0 aliphatic rings. The van der Waals surface area contributed by atoms with Gasteiger partial charge in [0.05, 0.1) is 30.4 Å². The molecule has 0 radical (unpaired) electrons. The van der Waals surface area contributed by atoms with E-state index >= 15 is 0 Å². The van der Waals surface area contributed by atoms with Crippen LogP contribution in [0.25, 0.3) is 66.7 Å². The molecule has 3 heterocycles. The van der Waals surface area contributed by atoms with E-state index in [0.29, 0.717) is 17.3 Å². The Hall–Kier alpha value is -4.68. The summed E-state index contributed by atoms with van der Waals surface area (Å²) in [6.07, 6.45) is 3.16. The molecular weight excluding hydrogens is 559 g/mol. The van der Waals surface area contributed by atoms with Crippen molar-refractivity contribution in [3.05, 3.63) is 96.7 Å². The molecule has 1 N–H and O–H groups in total. The molecule has 3 aromatic heterocycles. The summed E-state index contributed by atoms with van der Waals surface area (Å²) in [6, 6.07) is 28.6. The van der Waals surface area contributed by atoms with Crippen molar-refractivity contribution in [2.45, 2.75) is 39.9 Å². The number of aromatic hydroxyl groups is 1. The van der Waals surface area contributed by atoms with Crippen LogP contribution in [0.4, 0.5) is 0 Å². The molecule has 4 aromatic carbocycles. The lowest BCUT2D eigenvalue weighted by atomic mass is 9.95. The summed E-state index contributed by atoms with van der Waals surface area (Å²) in [6.45, 7) is 11.8. The summed E-state index contributed by atoms with van der Waals surface area (Å²) in [4.78, 5) is 10.2. The second kappa shape index (κ2) is 10.5. The molecule has 44 heavy (non-hydrogen) atoms. The third-order valence-corrected chi connectivity index (χ3v) is 10.6. The number of hydrogen-bond donors (Lipinski definition) is 1. The molecule has 0 amide bonds. The first-order chi connectivity index (χ1) is 21.1. The second-order valence-corrected chi connectivity index (χ2v) is 18.3. The Morgan fingerprint density at radius 3 is 2.36 bits per heavy atom. The Bertz CT molecular complexity index is 2200. The number of imidazole rings is 1. The van der Waals surface area contributed by atoms with Gasteiger partial charge in [0, 0.05) is 40.7 Å². The molecule has 0 fully saturated rings. The first-order valence-electron chi connectivity index (χ1n) is 15.3. The van der Waals surface area contributed by atoms with E-state index in [1.165, 1.54) is 10.8 Å². The van der Waals surface area contributed by atoms with E-state index in [1.54, 1.807) is 6.07 Å². The van der Waals surface area contributed by atoms with E-state index in [4.69, 9.17) is 14.4 Å². The van der Waals surface area contributed by atoms with Crippen LogP contribution in [-0.4, -0.2) is 27.7 Å². The Labute approximate surface area is 258 Å². The van der Waals surface area contributed by atoms with Gasteiger partial charge in [-0.1, -0.05) is 76.0 Å². The van der Waals surface area contributed by atoms with Crippen LogP contribution >= 0.6 is 0 Å². The summed E-state index contributed by atoms with van der Waals surface area (Å²) in [5.41, 5.74) is 9.60. The van der Waals surface area contributed by atoms with Gasteiger partial charge in [-0.2, -0.15) is 0 Å². The molecule has 0 spiro atoms. The standard InChI is InChI=1S/C38H37N3O2Si/c1-23(2)18-25-21-31(39-22-35(25)44(4,5)6)24-19-29-26-12-8-10-17-34(26)43-37(29)30(20-24)27-14-11-15-32-36(27)40-38(41(32)3)28-13-7-9-16-33(28)42/h7-17,19-23,42H,18H2,1-6H3. The number of aryl methyl sites for hydroxylation is 1. The third-order valence-electron chi connectivity index (χ3n) is 8.55. The highest BCUT2D eigenvalue weighted by atomic mass is 28.3. The molecule has 0 aliphatic carbocycles. The number of phenolic OH excluding ortho intramolecular Hbond substituents is 1. The van der Waals surface area contributed by atoms with Crippen molar-refractivity contribution in [3.8, 4) is 39.5 Å². The van der Waals surface area contributed by atoms with Gasteiger partial charge in [-0.25, -0.2) is 4.98 Å². The lowest BCUT2D eigenvalue weighted by Gasteiger charge is -2.22. The van der Waals surface area contributed by atoms with E-state index in [-0.39, 0.29) is 5.75 Å². The van der Waals surface area contributed by atoms with Gasteiger partial charge in [0.15, 0.2) is 0 Å². The fraction of sp³-hybridized carbons (Fsp3) is 0.211. The number of fused-ring (bicyclic) bond motifs is 4. The zero-order chi connectivity index (χ0) is 30.7. The minimum Gasteiger partial charge on any atom is -0.507 e. The van der Waals surface area contributed by atoms with Crippen LogP contribution in [0.2, 0.25) is 19.6 Å². The Balaban J connectivity index is 1.51. The highest BCUT2D eigenvalue weighted by molar-refractivity contribution is 6.89. The van der Waals surface area contributed by atoms with Crippen molar-refractivity contribution in [1.82, 2.24) is 14.5 Å². The number of hydrogen-bond acceptors (Lipinski definition) is 4. The van der Waals surface area contributed by atoms with Crippen LogP contribution < -0.4 is 5.19 Å². The van der Waals surface area contributed by atoms with Crippen LogP contribution in [0.1, 0.15) is 19.4 Å². The van der Waals surface area contributed by atoms with Gasteiger partial charge >= 0.3 is 0 Å². The van der Waals surface area contributed by atoms with Crippen LogP contribution in [0.5, 0.6) is 5.75 Å². The first-order valence-corrected chi connectivity index (χ1v) is 18.8. The third kappa shape index (κ3) is 4.70. The minimum atomic E-state index is -1.57. The van der Waals surface area contributed by atoms with Gasteiger partial charge in [0.2, 0.25) is 0 Å². The Morgan fingerprint density at radius 2 is 1.59 bits per heavy atom.